The molecule has 0 radical (unpaired) electrons. The summed E-state index contributed by atoms with van der Waals surface area (Å²) in [5.74, 6) is -0.491. The molecular formula is C16H16BrF2N. The largest absolute Gasteiger partial charge is 0.313 e. The maximum Gasteiger partial charge on any atom is 0.126 e. The molecule has 0 fully saturated rings. The molecule has 2 rings (SSSR count). The molecule has 0 aromatic heterocycles. The lowest BCUT2D eigenvalue weighted by atomic mass is 9.98. The zero-order valence-corrected chi connectivity index (χ0v) is 13.0. The van der Waals surface area contributed by atoms with Crippen LogP contribution in [0.4, 0.5) is 8.78 Å². The van der Waals surface area contributed by atoms with Gasteiger partial charge in [0.05, 0.1) is 0 Å². The quantitative estimate of drug-likeness (QED) is 0.862. The Bertz CT molecular complexity index is 613. The highest BCUT2D eigenvalue weighted by Gasteiger charge is 2.14. The minimum absolute atomic E-state index is 0.0665. The molecule has 1 atom stereocenters. The van der Waals surface area contributed by atoms with Crippen LogP contribution in [0.25, 0.3) is 0 Å². The summed E-state index contributed by atoms with van der Waals surface area (Å²) < 4.78 is 27.8. The Labute approximate surface area is 126 Å². The first-order valence-electron chi connectivity index (χ1n) is 6.38. The molecule has 0 aliphatic carbocycles. The first-order valence-corrected chi connectivity index (χ1v) is 7.18. The maximum atomic E-state index is 13.7. The molecule has 2 aromatic rings. The Morgan fingerprint density at radius 2 is 1.90 bits per heavy atom. The third-order valence-corrected chi connectivity index (χ3v) is 4.15. The van der Waals surface area contributed by atoms with Crippen molar-refractivity contribution >= 4 is 15.9 Å². The van der Waals surface area contributed by atoms with Crippen molar-refractivity contribution in [3.05, 3.63) is 69.2 Å². The third kappa shape index (κ3) is 3.44. The molecule has 0 saturated carbocycles. The number of aryl methyl sites for hydroxylation is 1. The van der Waals surface area contributed by atoms with E-state index >= 15 is 0 Å². The second-order valence-electron chi connectivity index (χ2n) is 4.79. The maximum absolute atomic E-state index is 13.7. The highest BCUT2D eigenvalue weighted by atomic mass is 79.9. The van der Waals surface area contributed by atoms with E-state index in [9.17, 15) is 8.78 Å². The summed E-state index contributed by atoms with van der Waals surface area (Å²) in [6.45, 7) is 1.73. The first kappa shape index (κ1) is 15.1. The van der Waals surface area contributed by atoms with Gasteiger partial charge in [0.25, 0.3) is 0 Å². The third-order valence-electron chi connectivity index (χ3n) is 3.38. The molecule has 0 amide bonds. The van der Waals surface area contributed by atoms with Gasteiger partial charge in [-0.3, -0.25) is 0 Å². The second kappa shape index (κ2) is 6.46. The average Bonchev–Trinajstić information content (AvgIpc) is 2.43. The van der Waals surface area contributed by atoms with Gasteiger partial charge in [0.1, 0.15) is 11.6 Å². The van der Waals surface area contributed by atoms with Crippen LogP contribution >= 0.6 is 15.9 Å². The zero-order chi connectivity index (χ0) is 14.7. The van der Waals surface area contributed by atoms with Crippen molar-refractivity contribution in [2.75, 3.05) is 7.05 Å². The molecule has 20 heavy (non-hydrogen) atoms. The number of halogens is 3. The molecular weight excluding hydrogens is 324 g/mol. The number of nitrogens with one attached hydrogen (secondary N) is 1. The Morgan fingerprint density at radius 1 is 1.15 bits per heavy atom. The van der Waals surface area contributed by atoms with Gasteiger partial charge >= 0.3 is 0 Å². The predicted octanol–water partition coefficient (Wildman–Crippen LogP) is 4.54. The molecule has 106 valence electrons. The van der Waals surface area contributed by atoms with Crippen LogP contribution in [-0.4, -0.2) is 7.05 Å². The first-order chi connectivity index (χ1) is 9.51. The van der Waals surface area contributed by atoms with Crippen molar-refractivity contribution in [1.82, 2.24) is 5.32 Å². The van der Waals surface area contributed by atoms with Crippen molar-refractivity contribution in [3.8, 4) is 0 Å². The van der Waals surface area contributed by atoms with Crippen LogP contribution in [0.15, 0.2) is 40.9 Å². The van der Waals surface area contributed by atoms with Gasteiger partial charge in [0.2, 0.25) is 0 Å². The molecule has 0 spiro atoms. The highest BCUT2D eigenvalue weighted by molar-refractivity contribution is 9.10. The number of rotatable bonds is 4. The van der Waals surface area contributed by atoms with E-state index in [2.05, 4.69) is 21.2 Å². The molecule has 2 aromatic carbocycles. The normalized spacial score (nSPS) is 12.4. The Hall–Kier alpha value is -1.26. The monoisotopic (exact) mass is 339 g/mol. The second-order valence-corrected chi connectivity index (χ2v) is 5.64. The molecule has 0 heterocycles. The highest BCUT2D eigenvalue weighted by Crippen LogP contribution is 2.25. The molecule has 0 aliphatic rings. The van der Waals surface area contributed by atoms with Gasteiger partial charge in [0, 0.05) is 10.5 Å². The SMILES string of the molecule is CNC(Cc1cc(F)ccc1Br)c1ccc(C)c(F)c1. The summed E-state index contributed by atoms with van der Waals surface area (Å²) in [7, 11) is 1.82. The van der Waals surface area contributed by atoms with Crippen LogP contribution in [0.3, 0.4) is 0 Å². The molecule has 0 bridgehead atoms. The van der Waals surface area contributed by atoms with Crippen LogP contribution in [0.1, 0.15) is 22.7 Å². The van der Waals surface area contributed by atoms with Gasteiger partial charge in [-0.1, -0.05) is 28.1 Å². The molecule has 0 aliphatic heterocycles. The van der Waals surface area contributed by atoms with Crippen molar-refractivity contribution < 1.29 is 8.78 Å². The van der Waals surface area contributed by atoms with E-state index in [4.69, 9.17) is 0 Å². The van der Waals surface area contributed by atoms with Crippen LogP contribution < -0.4 is 5.32 Å². The number of benzene rings is 2. The van der Waals surface area contributed by atoms with Crippen molar-refractivity contribution in [3.63, 3.8) is 0 Å². The van der Waals surface area contributed by atoms with Gasteiger partial charge in [-0.2, -0.15) is 0 Å². The van der Waals surface area contributed by atoms with Crippen LogP contribution in [0.2, 0.25) is 0 Å². The van der Waals surface area contributed by atoms with Gasteiger partial charge < -0.3 is 5.32 Å². The van der Waals surface area contributed by atoms with Crippen molar-refractivity contribution in [1.29, 1.82) is 0 Å². The standard InChI is InChI=1S/C16H16BrF2N/c1-10-3-4-11(8-15(10)19)16(20-2)9-12-7-13(18)5-6-14(12)17/h3-8,16,20H,9H2,1-2H3. The summed E-state index contributed by atoms with van der Waals surface area (Å²) in [6.07, 6.45) is 0.581. The van der Waals surface area contributed by atoms with E-state index in [-0.39, 0.29) is 17.7 Å². The van der Waals surface area contributed by atoms with Crippen LogP contribution in [0, 0.1) is 18.6 Å². The molecule has 1 nitrogen and oxygen atoms in total. The summed E-state index contributed by atoms with van der Waals surface area (Å²) >= 11 is 3.42. The molecule has 0 saturated heterocycles. The van der Waals surface area contributed by atoms with Gasteiger partial charge in [-0.15, -0.1) is 0 Å². The summed E-state index contributed by atoms with van der Waals surface area (Å²) in [6, 6.07) is 9.72. The van der Waals surface area contributed by atoms with Crippen molar-refractivity contribution in [2.24, 2.45) is 0 Å². The number of likely N-dealkylation sites (N-methyl/N-ethyl adjacent to an activating group) is 1. The average molecular weight is 340 g/mol. The van der Waals surface area contributed by atoms with E-state index in [1.165, 1.54) is 18.2 Å². The zero-order valence-electron chi connectivity index (χ0n) is 11.4. The van der Waals surface area contributed by atoms with Crippen LogP contribution in [-0.2, 0) is 6.42 Å². The van der Waals surface area contributed by atoms with Gasteiger partial charge in [-0.25, -0.2) is 8.78 Å². The van der Waals surface area contributed by atoms with E-state index in [1.807, 2.05) is 13.1 Å². The summed E-state index contributed by atoms with van der Waals surface area (Å²) in [4.78, 5) is 0. The Kier molecular flexibility index (Phi) is 4.89. The van der Waals surface area contributed by atoms with E-state index in [0.29, 0.717) is 12.0 Å². The van der Waals surface area contributed by atoms with Crippen LogP contribution in [0.5, 0.6) is 0 Å². The van der Waals surface area contributed by atoms with E-state index in [1.54, 1.807) is 19.1 Å². The smallest absolute Gasteiger partial charge is 0.126 e. The Balaban J connectivity index is 2.28. The fraction of sp³-hybridized carbons (Fsp3) is 0.250. The minimum atomic E-state index is -0.270. The lowest BCUT2D eigenvalue weighted by Gasteiger charge is -2.18. The molecule has 4 heteroatoms. The van der Waals surface area contributed by atoms with E-state index in [0.717, 1.165) is 15.6 Å². The van der Waals surface area contributed by atoms with E-state index < -0.39 is 0 Å². The topological polar surface area (TPSA) is 12.0 Å². The Morgan fingerprint density at radius 3 is 2.55 bits per heavy atom. The predicted molar refractivity (Wildman–Crippen MR) is 80.7 cm³/mol. The fourth-order valence-electron chi connectivity index (χ4n) is 2.13. The number of hydrogen-bond acceptors (Lipinski definition) is 1. The summed E-state index contributed by atoms with van der Waals surface area (Å²) in [5.41, 5.74) is 2.33. The lowest BCUT2D eigenvalue weighted by molar-refractivity contribution is 0.569. The van der Waals surface area contributed by atoms with Gasteiger partial charge in [0.15, 0.2) is 0 Å². The summed E-state index contributed by atoms with van der Waals surface area (Å²) in [5, 5.41) is 3.15. The fourth-order valence-corrected chi connectivity index (χ4v) is 2.54. The van der Waals surface area contributed by atoms with Gasteiger partial charge in [-0.05, 0) is 61.3 Å². The van der Waals surface area contributed by atoms with Crippen molar-refractivity contribution in [2.45, 2.75) is 19.4 Å². The lowest BCUT2D eigenvalue weighted by Crippen LogP contribution is -2.19. The molecule has 1 unspecified atom stereocenters. The molecule has 1 N–H and O–H groups in total. The number of hydrogen-bond donors (Lipinski definition) is 1. The minimum Gasteiger partial charge on any atom is -0.313 e.